The third-order valence-corrected chi connectivity index (χ3v) is 6.31. The normalized spacial score (nSPS) is 24.3. The third-order valence-electron chi connectivity index (χ3n) is 6.31. The minimum atomic E-state index is -5.08. The number of alkyl halides is 3. The molecule has 1 aromatic carbocycles. The van der Waals surface area contributed by atoms with Crippen molar-refractivity contribution in [2.75, 3.05) is 19.6 Å². The van der Waals surface area contributed by atoms with Crippen molar-refractivity contribution in [3.05, 3.63) is 59.0 Å². The lowest BCUT2D eigenvalue weighted by Gasteiger charge is -2.22. The highest BCUT2D eigenvalue weighted by Gasteiger charge is 2.47. The Kier molecular flexibility index (Phi) is 6.03. The van der Waals surface area contributed by atoms with Crippen LogP contribution < -0.4 is 5.32 Å². The smallest absolute Gasteiger partial charge is 0.475 e. The van der Waals surface area contributed by atoms with Crippen LogP contribution in [0.3, 0.4) is 0 Å². The molecule has 1 saturated carbocycles. The maximum absolute atomic E-state index is 12.7. The number of aliphatic carboxylic acids is 1. The largest absolute Gasteiger partial charge is 0.490 e. The number of carbonyl (C=O) groups excluding carboxylic acids is 1. The maximum atomic E-state index is 12.7. The van der Waals surface area contributed by atoms with Gasteiger partial charge in [0.05, 0.1) is 6.04 Å². The molecule has 5 rings (SSSR count). The molecule has 2 aliphatic carbocycles. The summed E-state index contributed by atoms with van der Waals surface area (Å²) < 4.78 is 37.3. The summed E-state index contributed by atoms with van der Waals surface area (Å²) in [7, 11) is 0. The molecule has 1 saturated heterocycles. The number of carboxylic acids is 1. The zero-order valence-corrected chi connectivity index (χ0v) is 17.6. The molecule has 1 aliphatic heterocycles. The molecule has 2 fully saturated rings. The second-order valence-electron chi connectivity index (χ2n) is 8.73. The Balaban J connectivity index is 0.000000307. The summed E-state index contributed by atoms with van der Waals surface area (Å²) in [5, 5.41) is 10.4. The molecule has 32 heavy (non-hydrogen) atoms. The first kappa shape index (κ1) is 22.4. The molecule has 172 valence electrons. The lowest BCUT2D eigenvalue weighted by Crippen LogP contribution is -2.33. The fraction of sp³-hybridized carbons (Fsp3) is 0.478. The van der Waals surface area contributed by atoms with Crippen molar-refractivity contribution in [2.45, 2.75) is 37.9 Å². The van der Waals surface area contributed by atoms with Gasteiger partial charge in [0.15, 0.2) is 5.76 Å². The van der Waals surface area contributed by atoms with E-state index < -0.39 is 12.1 Å². The molecule has 3 aliphatic rings. The number of rotatable bonds is 4. The van der Waals surface area contributed by atoms with E-state index in [0.29, 0.717) is 17.6 Å². The van der Waals surface area contributed by atoms with E-state index in [1.165, 1.54) is 30.5 Å². The number of aryl methyl sites for hydroxylation is 1. The Hall–Kier alpha value is -2.81. The predicted molar refractivity (Wildman–Crippen MR) is 109 cm³/mol. The van der Waals surface area contributed by atoms with Gasteiger partial charge < -0.3 is 19.7 Å². The Bertz CT molecular complexity index is 999. The highest BCUT2D eigenvalue weighted by Crippen LogP contribution is 2.49. The third kappa shape index (κ3) is 4.82. The van der Waals surface area contributed by atoms with Crippen molar-refractivity contribution in [3.8, 4) is 0 Å². The van der Waals surface area contributed by atoms with Crippen LogP contribution in [-0.4, -0.2) is 47.7 Å². The molecule has 0 bridgehead atoms. The minimum absolute atomic E-state index is 0.0864. The number of likely N-dealkylation sites (tertiary alicyclic amines) is 1. The van der Waals surface area contributed by atoms with Crippen LogP contribution in [0.1, 0.15) is 52.2 Å². The van der Waals surface area contributed by atoms with Crippen molar-refractivity contribution < 1.29 is 32.3 Å². The van der Waals surface area contributed by atoms with Crippen LogP contribution in [0.2, 0.25) is 0 Å². The second kappa shape index (κ2) is 8.61. The fourth-order valence-electron chi connectivity index (χ4n) is 4.71. The molecule has 9 heteroatoms. The van der Waals surface area contributed by atoms with Crippen molar-refractivity contribution in [1.82, 2.24) is 10.2 Å². The van der Waals surface area contributed by atoms with Crippen LogP contribution in [0.15, 0.2) is 40.8 Å². The van der Waals surface area contributed by atoms with Gasteiger partial charge in [-0.3, -0.25) is 4.79 Å². The summed E-state index contributed by atoms with van der Waals surface area (Å²) in [4.78, 5) is 24.2. The van der Waals surface area contributed by atoms with Crippen molar-refractivity contribution >= 4 is 11.9 Å². The molecule has 0 unspecified atom stereocenters. The summed E-state index contributed by atoms with van der Waals surface area (Å²) >= 11 is 0. The van der Waals surface area contributed by atoms with Gasteiger partial charge in [-0.05, 0) is 48.9 Å². The van der Waals surface area contributed by atoms with Gasteiger partial charge in [0.2, 0.25) is 0 Å². The molecule has 1 aromatic heterocycles. The number of amides is 1. The number of furan rings is 1. The van der Waals surface area contributed by atoms with Gasteiger partial charge in [-0.15, -0.1) is 0 Å². The maximum Gasteiger partial charge on any atom is 0.490 e. The SMILES string of the molecule is Cc1ccc(C(=O)N[C@@H]2c3ccccc3[C@@H]3CN(CC4CC4)C[C@H]23)o1.O=C(O)C(F)(F)F. The van der Waals surface area contributed by atoms with Gasteiger partial charge in [-0.1, -0.05) is 24.3 Å². The Morgan fingerprint density at radius 1 is 1.12 bits per heavy atom. The van der Waals surface area contributed by atoms with Gasteiger partial charge in [-0.25, -0.2) is 4.79 Å². The Morgan fingerprint density at radius 3 is 2.34 bits per heavy atom. The molecule has 1 amide bonds. The van der Waals surface area contributed by atoms with Crippen molar-refractivity contribution in [1.29, 1.82) is 0 Å². The van der Waals surface area contributed by atoms with E-state index in [0.717, 1.165) is 24.8 Å². The Labute approximate surface area is 183 Å². The van der Waals surface area contributed by atoms with E-state index in [1.54, 1.807) is 6.07 Å². The highest BCUT2D eigenvalue weighted by atomic mass is 19.4. The van der Waals surface area contributed by atoms with E-state index >= 15 is 0 Å². The number of carbonyl (C=O) groups is 2. The van der Waals surface area contributed by atoms with Gasteiger partial charge in [-0.2, -0.15) is 13.2 Å². The van der Waals surface area contributed by atoms with Crippen LogP contribution in [0.5, 0.6) is 0 Å². The van der Waals surface area contributed by atoms with Crippen LogP contribution in [-0.2, 0) is 4.79 Å². The molecule has 2 heterocycles. The van der Waals surface area contributed by atoms with Crippen LogP contribution in [0, 0.1) is 18.8 Å². The predicted octanol–water partition coefficient (Wildman–Crippen LogP) is 4.13. The van der Waals surface area contributed by atoms with E-state index in [1.807, 2.05) is 13.0 Å². The zero-order chi connectivity index (χ0) is 23.0. The van der Waals surface area contributed by atoms with Gasteiger partial charge in [0.25, 0.3) is 5.91 Å². The first-order valence-corrected chi connectivity index (χ1v) is 10.6. The summed E-state index contributed by atoms with van der Waals surface area (Å²) in [5.74, 6) is 0.238. The number of benzene rings is 1. The number of carboxylic acid groups (broad SMARTS) is 1. The number of nitrogens with zero attached hydrogens (tertiary/aromatic N) is 1. The lowest BCUT2D eigenvalue weighted by molar-refractivity contribution is -0.192. The number of hydrogen-bond acceptors (Lipinski definition) is 4. The van der Waals surface area contributed by atoms with Gasteiger partial charge in [0.1, 0.15) is 5.76 Å². The molecular formula is C23H25F3N2O4. The first-order chi connectivity index (χ1) is 15.1. The average Bonchev–Trinajstić information content (AvgIpc) is 3.15. The van der Waals surface area contributed by atoms with Gasteiger partial charge in [0, 0.05) is 31.5 Å². The number of nitrogens with one attached hydrogen (secondary N) is 1. The molecule has 0 radical (unpaired) electrons. The van der Waals surface area contributed by atoms with Crippen LogP contribution >= 0.6 is 0 Å². The van der Waals surface area contributed by atoms with Crippen molar-refractivity contribution in [2.24, 2.45) is 11.8 Å². The summed E-state index contributed by atoms with van der Waals surface area (Å²) in [6, 6.07) is 12.3. The summed E-state index contributed by atoms with van der Waals surface area (Å²) in [6.45, 7) is 5.31. The molecular weight excluding hydrogens is 425 g/mol. The topological polar surface area (TPSA) is 82.8 Å². The highest BCUT2D eigenvalue weighted by molar-refractivity contribution is 5.92. The van der Waals surface area contributed by atoms with Gasteiger partial charge >= 0.3 is 12.1 Å². The second-order valence-corrected chi connectivity index (χ2v) is 8.73. The molecule has 6 nitrogen and oxygen atoms in total. The number of hydrogen-bond donors (Lipinski definition) is 2. The van der Waals surface area contributed by atoms with Crippen LogP contribution in [0.25, 0.3) is 0 Å². The number of fused-ring (bicyclic) bond motifs is 3. The Morgan fingerprint density at radius 2 is 1.78 bits per heavy atom. The molecule has 0 spiro atoms. The summed E-state index contributed by atoms with van der Waals surface area (Å²) in [5.41, 5.74) is 2.71. The first-order valence-electron chi connectivity index (χ1n) is 10.6. The molecule has 2 N–H and O–H groups in total. The van der Waals surface area contributed by atoms with E-state index in [4.69, 9.17) is 14.3 Å². The van der Waals surface area contributed by atoms with E-state index in [2.05, 4.69) is 34.5 Å². The van der Waals surface area contributed by atoms with E-state index in [-0.39, 0.29) is 11.9 Å². The minimum Gasteiger partial charge on any atom is -0.475 e. The molecule has 2 aromatic rings. The fourth-order valence-corrected chi connectivity index (χ4v) is 4.71. The lowest BCUT2D eigenvalue weighted by atomic mass is 9.94. The van der Waals surface area contributed by atoms with Crippen molar-refractivity contribution in [3.63, 3.8) is 0 Å². The van der Waals surface area contributed by atoms with Crippen LogP contribution in [0.4, 0.5) is 13.2 Å². The monoisotopic (exact) mass is 450 g/mol. The van der Waals surface area contributed by atoms with E-state index in [9.17, 15) is 18.0 Å². The average molecular weight is 450 g/mol. The number of halogens is 3. The standard InChI is InChI=1S/C21H24N2O2.C2HF3O2/c1-13-6-9-19(25-13)21(24)22-20-16-5-3-2-4-15(16)17-11-23(12-18(17)20)10-14-7-8-14;3-2(4,5)1(6)7/h2-6,9,14,17-18,20H,7-8,10-12H2,1H3,(H,22,24);(H,6,7)/t17-,18-,20+;/m0./s1. The summed E-state index contributed by atoms with van der Waals surface area (Å²) in [6.07, 6.45) is -2.30. The quantitative estimate of drug-likeness (QED) is 0.732. The molecule has 3 atom stereocenters. The zero-order valence-electron chi connectivity index (χ0n) is 17.6.